The summed E-state index contributed by atoms with van der Waals surface area (Å²) in [5.41, 5.74) is 1.04. The van der Waals surface area contributed by atoms with Crippen LogP contribution in [-0.2, 0) is 6.54 Å². The average Bonchev–Trinajstić information content (AvgIpc) is 2.71. The fraction of sp³-hybridized carbons (Fsp3) is 0.182. The van der Waals surface area contributed by atoms with E-state index in [0.29, 0.717) is 17.1 Å². The average molecular weight is 396 g/mol. The van der Waals surface area contributed by atoms with Crippen LogP contribution in [0.1, 0.15) is 21.5 Å². The number of methoxy groups -OCH3 is 2. The molecule has 7 heteroatoms. The van der Waals surface area contributed by atoms with Crippen LogP contribution in [0.3, 0.4) is 0 Å². The SMILES string of the molecule is COc1cc(Cn2cccc(C(=O)Nc3ccc(C)c(F)c3)c2=O)cc(OC)c1. The number of nitrogens with one attached hydrogen (secondary N) is 1. The van der Waals surface area contributed by atoms with Gasteiger partial charge in [-0.1, -0.05) is 6.07 Å². The van der Waals surface area contributed by atoms with Crippen LogP contribution in [0.4, 0.5) is 10.1 Å². The minimum Gasteiger partial charge on any atom is -0.497 e. The Labute approximate surface area is 167 Å². The normalized spacial score (nSPS) is 10.5. The van der Waals surface area contributed by atoms with Crippen molar-refractivity contribution >= 4 is 11.6 Å². The first-order valence-corrected chi connectivity index (χ1v) is 8.90. The third-order valence-corrected chi connectivity index (χ3v) is 4.46. The summed E-state index contributed by atoms with van der Waals surface area (Å²) in [4.78, 5) is 25.4. The fourth-order valence-electron chi connectivity index (χ4n) is 2.86. The Morgan fingerprint density at radius 3 is 2.38 bits per heavy atom. The summed E-state index contributed by atoms with van der Waals surface area (Å²) in [6.45, 7) is 1.86. The molecular formula is C22H21FN2O4. The van der Waals surface area contributed by atoms with Gasteiger partial charge in [-0.3, -0.25) is 9.59 Å². The third-order valence-electron chi connectivity index (χ3n) is 4.46. The largest absolute Gasteiger partial charge is 0.497 e. The van der Waals surface area contributed by atoms with E-state index < -0.39 is 17.3 Å². The van der Waals surface area contributed by atoms with E-state index in [1.54, 1.807) is 63.7 Å². The molecule has 150 valence electrons. The van der Waals surface area contributed by atoms with Gasteiger partial charge in [-0.2, -0.15) is 0 Å². The zero-order valence-electron chi connectivity index (χ0n) is 16.4. The monoisotopic (exact) mass is 396 g/mol. The molecule has 0 radical (unpaired) electrons. The summed E-state index contributed by atoms with van der Waals surface area (Å²) in [6.07, 6.45) is 1.59. The molecule has 0 bridgehead atoms. The van der Waals surface area contributed by atoms with Crippen LogP contribution >= 0.6 is 0 Å². The Morgan fingerprint density at radius 2 is 1.76 bits per heavy atom. The van der Waals surface area contributed by atoms with Gasteiger partial charge in [-0.05, 0) is 54.4 Å². The Balaban J connectivity index is 1.87. The highest BCUT2D eigenvalue weighted by Crippen LogP contribution is 2.23. The second kappa shape index (κ2) is 8.60. The van der Waals surface area contributed by atoms with Crippen molar-refractivity contribution in [2.24, 2.45) is 0 Å². The van der Waals surface area contributed by atoms with Gasteiger partial charge >= 0.3 is 0 Å². The molecule has 1 N–H and O–H groups in total. The van der Waals surface area contributed by atoms with E-state index in [9.17, 15) is 14.0 Å². The third kappa shape index (κ3) is 4.63. The number of anilines is 1. The Morgan fingerprint density at radius 1 is 1.07 bits per heavy atom. The lowest BCUT2D eigenvalue weighted by atomic mass is 10.1. The number of benzene rings is 2. The summed E-state index contributed by atoms with van der Waals surface area (Å²) >= 11 is 0. The molecule has 3 aromatic rings. The highest BCUT2D eigenvalue weighted by Gasteiger charge is 2.14. The van der Waals surface area contributed by atoms with E-state index >= 15 is 0 Å². The maximum Gasteiger partial charge on any atom is 0.263 e. The van der Waals surface area contributed by atoms with E-state index in [-0.39, 0.29) is 17.8 Å². The molecule has 0 aliphatic carbocycles. The number of carbonyl (C=O) groups excluding carboxylic acids is 1. The Bertz CT molecular complexity index is 1090. The van der Waals surface area contributed by atoms with Crippen molar-refractivity contribution in [3.05, 3.63) is 87.6 Å². The maximum absolute atomic E-state index is 13.7. The van der Waals surface area contributed by atoms with Crippen molar-refractivity contribution < 1.29 is 18.7 Å². The number of pyridine rings is 1. The van der Waals surface area contributed by atoms with E-state index in [1.165, 1.54) is 16.7 Å². The Kier molecular flexibility index (Phi) is 5.97. The number of nitrogens with zero attached hydrogens (tertiary/aromatic N) is 1. The smallest absolute Gasteiger partial charge is 0.263 e. The van der Waals surface area contributed by atoms with E-state index in [1.807, 2.05) is 0 Å². The fourth-order valence-corrected chi connectivity index (χ4v) is 2.86. The van der Waals surface area contributed by atoms with E-state index in [2.05, 4.69) is 5.32 Å². The van der Waals surface area contributed by atoms with Gasteiger partial charge in [0, 0.05) is 18.0 Å². The van der Waals surface area contributed by atoms with Gasteiger partial charge < -0.3 is 19.4 Å². The van der Waals surface area contributed by atoms with Crippen LogP contribution in [0.5, 0.6) is 11.5 Å². The van der Waals surface area contributed by atoms with Crippen molar-refractivity contribution in [2.75, 3.05) is 19.5 Å². The van der Waals surface area contributed by atoms with Crippen molar-refractivity contribution in [1.82, 2.24) is 4.57 Å². The van der Waals surface area contributed by atoms with Crippen molar-refractivity contribution in [2.45, 2.75) is 13.5 Å². The molecule has 0 unspecified atom stereocenters. The minimum atomic E-state index is -0.601. The molecule has 0 atom stereocenters. The van der Waals surface area contributed by atoms with Gasteiger partial charge in [0.1, 0.15) is 22.9 Å². The number of hydrogen-bond donors (Lipinski definition) is 1. The summed E-state index contributed by atoms with van der Waals surface area (Å²) in [7, 11) is 3.09. The first kappa shape index (κ1) is 20.1. The molecule has 0 spiro atoms. The van der Waals surface area contributed by atoms with Crippen LogP contribution < -0.4 is 20.3 Å². The maximum atomic E-state index is 13.7. The number of aryl methyl sites for hydroxylation is 1. The molecule has 6 nitrogen and oxygen atoms in total. The molecule has 3 rings (SSSR count). The molecule has 1 heterocycles. The van der Waals surface area contributed by atoms with E-state index in [0.717, 1.165) is 5.56 Å². The minimum absolute atomic E-state index is 0.0386. The number of hydrogen-bond acceptors (Lipinski definition) is 4. The quantitative estimate of drug-likeness (QED) is 0.691. The zero-order valence-corrected chi connectivity index (χ0v) is 16.4. The molecule has 0 saturated heterocycles. The van der Waals surface area contributed by atoms with Gasteiger partial charge in [0.05, 0.1) is 20.8 Å². The molecule has 1 amide bonds. The zero-order chi connectivity index (χ0) is 21.0. The van der Waals surface area contributed by atoms with Crippen molar-refractivity contribution in [1.29, 1.82) is 0 Å². The molecule has 0 saturated carbocycles. The summed E-state index contributed by atoms with van der Waals surface area (Å²) in [6, 6.07) is 12.7. The topological polar surface area (TPSA) is 69.6 Å². The number of ether oxygens (including phenoxy) is 2. The van der Waals surface area contributed by atoms with Gasteiger partial charge in [-0.25, -0.2) is 4.39 Å². The highest BCUT2D eigenvalue weighted by atomic mass is 19.1. The van der Waals surface area contributed by atoms with E-state index in [4.69, 9.17) is 9.47 Å². The summed E-state index contributed by atoms with van der Waals surface area (Å²) in [5.74, 6) is 0.168. The van der Waals surface area contributed by atoms with Crippen molar-refractivity contribution in [3.8, 4) is 11.5 Å². The molecule has 0 aliphatic rings. The molecular weight excluding hydrogens is 375 g/mol. The lowest BCUT2D eigenvalue weighted by Crippen LogP contribution is -2.29. The lowest BCUT2D eigenvalue weighted by molar-refractivity contribution is 0.102. The predicted molar refractivity (Wildman–Crippen MR) is 108 cm³/mol. The van der Waals surface area contributed by atoms with Gasteiger partial charge in [-0.15, -0.1) is 0 Å². The van der Waals surface area contributed by atoms with Crippen LogP contribution in [0, 0.1) is 12.7 Å². The molecule has 2 aromatic carbocycles. The number of rotatable bonds is 6. The first-order valence-electron chi connectivity index (χ1n) is 8.90. The van der Waals surface area contributed by atoms with Gasteiger partial charge in [0.2, 0.25) is 0 Å². The first-order chi connectivity index (χ1) is 13.9. The van der Waals surface area contributed by atoms with Crippen LogP contribution in [-0.4, -0.2) is 24.7 Å². The molecule has 0 fully saturated rings. The Hall–Kier alpha value is -3.61. The van der Waals surface area contributed by atoms with Crippen LogP contribution in [0.15, 0.2) is 59.5 Å². The standard InChI is InChI=1S/C22H21FN2O4/c1-14-6-7-16(11-20(14)23)24-21(26)19-5-4-8-25(22(19)27)13-15-9-17(28-2)12-18(10-15)29-3/h4-12H,13H2,1-3H3,(H,24,26). The number of aromatic nitrogens is 1. The summed E-state index contributed by atoms with van der Waals surface area (Å²) in [5, 5.41) is 2.56. The second-order valence-electron chi connectivity index (χ2n) is 6.49. The highest BCUT2D eigenvalue weighted by molar-refractivity contribution is 6.04. The number of amides is 1. The van der Waals surface area contributed by atoms with Gasteiger partial charge in [0.15, 0.2) is 0 Å². The molecule has 0 aliphatic heterocycles. The molecule has 1 aromatic heterocycles. The molecule has 29 heavy (non-hydrogen) atoms. The van der Waals surface area contributed by atoms with Crippen molar-refractivity contribution in [3.63, 3.8) is 0 Å². The van der Waals surface area contributed by atoms with Gasteiger partial charge in [0.25, 0.3) is 11.5 Å². The van der Waals surface area contributed by atoms with Crippen LogP contribution in [0.25, 0.3) is 0 Å². The summed E-state index contributed by atoms with van der Waals surface area (Å²) < 4.78 is 25.6. The predicted octanol–water partition coefficient (Wildman–Crippen LogP) is 3.61. The second-order valence-corrected chi connectivity index (χ2v) is 6.49. The number of carbonyl (C=O) groups is 1. The van der Waals surface area contributed by atoms with Crippen LogP contribution in [0.2, 0.25) is 0 Å². The lowest BCUT2D eigenvalue weighted by Gasteiger charge is -2.11. The number of halogens is 1.